The fraction of sp³-hybridized carbons (Fsp3) is 0.783. The molecule has 3 N–H and O–H groups in total. The number of allylic oxidation sites excluding steroid dienone is 5. The molecule has 338 valence electrons. The standard InChI is InChI=1S/C46H84NO10P/c1-6-8-10-12-14-15-16-17-18-19-20-21-22-24-30-36-46(51)57-44(41-56-58(52,53)55-39-38-47(3,4)5)40-54-45(50)37-31-35-43(49)34-29-26-25-28-33-42(48)32-27-23-13-11-9-7-2/h23,25-29,33-34,42-44,48-49H,6-22,24,30-32,35-41H2,1-5H3/p+1/b26-25+,27-23-,33-28+,34-29-/t42-,43-,44-/m1/s1. The van der Waals surface area contributed by atoms with E-state index in [9.17, 15) is 29.3 Å². The number of aliphatic hydroxyl groups is 2. The van der Waals surface area contributed by atoms with Gasteiger partial charge in [-0.15, -0.1) is 0 Å². The van der Waals surface area contributed by atoms with Crippen molar-refractivity contribution in [2.75, 3.05) is 47.5 Å². The number of rotatable bonds is 40. The van der Waals surface area contributed by atoms with Crippen LogP contribution in [-0.2, 0) is 32.7 Å². The smallest absolute Gasteiger partial charge is 0.462 e. The van der Waals surface area contributed by atoms with Crippen molar-refractivity contribution in [3.8, 4) is 0 Å². The van der Waals surface area contributed by atoms with Crippen molar-refractivity contribution in [3.05, 3.63) is 48.6 Å². The van der Waals surface area contributed by atoms with Gasteiger partial charge in [0.1, 0.15) is 19.8 Å². The molecule has 0 aromatic carbocycles. The summed E-state index contributed by atoms with van der Waals surface area (Å²) in [6.07, 6.45) is 36.4. The van der Waals surface area contributed by atoms with E-state index in [-0.39, 0.29) is 26.1 Å². The Bertz CT molecular complexity index is 1170. The monoisotopic (exact) mass is 843 g/mol. The molecule has 11 nitrogen and oxygen atoms in total. The Kier molecular flexibility index (Phi) is 36.5. The Hall–Kier alpha value is -2.11. The average molecular weight is 843 g/mol. The van der Waals surface area contributed by atoms with Crippen LogP contribution < -0.4 is 0 Å². The molecule has 0 amide bonds. The van der Waals surface area contributed by atoms with Gasteiger partial charge in [-0.3, -0.25) is 18.6 Å². The Labute approximate surface area is 353 Å². The maximum Gasteiger partial charge on any atom is 0.472 e. The van der Waals surface area contributed by atoms with E-state index in [1.807, 2.05) is 27.2 Å². The summed E-state index contributed by atoms with van der Waals surface area (Å²) in [5.41, 5.74) is 0. The third kappa shape index (κ3) is 40.7. The van der Waals surface area contributed by atoms with Gasteiger partial charge in [-0.1, -0.05) is 165 Å². The van der Waals surface area contributed by atoms with E-state index in [1.165, 1.54) is 89.9 Å². The van der Waals surface area contributed by atoms with Crippen molar-refractivity contribution in [3.63, 3.8) is 0 Å². The number of carbonyl (C=O) groups is 2. The van der Waals surface area contributed by atoms with Crippen LogP contribution in [0.3, 0.4) is 0 Å². The van der Waals surface area contributed by atoms with Crippen LogP contribution in [0, 0.1) is 0 Å². The molecule has 58 heavy (non-hydrogen) atoms. The maximum absolute atomic E-state index is 12.7. The first-order chi connectivity index (χ1) is 27.8. The number of quaternary nitrogens is 1. The van der Waals surface area contributed by atoms with Gasteiger partial charge in [0.05, 0.1) is 40.0 Å². The summed E-state index contributed by atoms with van der Waals surface area (Å²) in [5, 5.41) is 20.3. The number of hydrogen-bond donors (Lipinski definition) is 3. The van der Waals surface area contributed by atoms with Crippen molar-refractivity contribution in [1.82, 2.24) is 0 Å². The molecule has 0 fully saturated rings. The third-order valence-corrected chi connectivity index (χ3v) is 10.5. The quantitative estimate of drug-likeness (QED) is 0.0136. The Balaban J connectivity index is 4.59. The van der Waals surface area contributed by atoms with Gasteiger partial charge in [-0.05, 0) is 38.5 Å². The first-order valence-electron chi connectivity index (χ1n) is 22.6. The lowest BCUT2D eigenvalue weighted by Gasteiger charge is -2.24. The van der Waals surface area contributed by atoms with Gasteiger partial charge in [0.15, 0.2) is 6.10 Å². The number of carbonyl (C=O) groups excluding carboxylic acids is 2. The van der Waals surface area contributed by atoms with Crippen molar-refractivity contribution in [2.45, 2.75) is 186 Å². The van der Waals surface area contributed by atoms with Crippen molar-refractivity contribution < 1.29 is 52.3 Å². The molecule has 0 radical (unpaired) electrons. The molecule has 0 bridgehead atoms. The van der Waals surface area contributed by atoms with Crippen LogP contribution in [-0.4, -0.2) is 97.3 Å². The minimum Gasteiger partial charge on any atom is -0.462 e. The predicted octanol–water partition coefficient (Wildman–Crippen LogP) is 10.6. The molecule has 0 aromatic rings. The zero-order chi connectivity index (χ0) is 43.2. The number of aliphatic hydroxyl groups excluding tert-OH is 2. The van der Waals surface area contributed by atoms with Gasteiger partial charge in [-0.2, -0.15) is 0 Å². The van der Waals surface area contributed by atoms with Crippen LogP contribution in [0.2, 0.25) is 0 Å². The molecular weight excluding hydrogens is 757 g/mol. The first kappa shape index (κ1) is 55.9. The number of ether oxygens (including phenoxy) is 2. The van der Waals surface area contributed by atoms with Gasteiger partial charge < -0.3 is 29.1 Å². The van der Waals surface area contributed by atoms with E-state index in [4.69, 9.17) is 18.5 Å². The molecule has 12 heteroatoms. The second-order valence-electron chi connectivity index (χ2n) is 16.5. The molecule has 0 aliphatic heterocycles. The molecule has 0 aromatic heterocycles. The van der Waals surface area contributed by atoms with Crippen molar-refractivity contribution >= 4 is 19.8 Å². The molecule has 0 aliphatic rings. The van der Waals surface area contributed by atoms with Gasteiger partial charge in [0, 0.05) is 12.8 Å². The fourth-order valence-electron chi connectivity index (χ4n) is 5.91. The highest BCUT2D eigenvalue weighted by molar-refractivity contribution is 7.47. The predicted molar refractivity (Wildman–Crippen MR) is 236 cm³/mol. The summed E-state index contributed by atoms with van der Waals surface area (Å²) in [4.78, 5) is 35.4. The summed E-state index contributed by atoms with van der Waals surface area (Å²) in [5.74, 6) is -1.04. The molecule has 1 unspecified atom stereocenters. The Morgan fingerprint density at radius 2 is 1.14 bits per heavy atom. The van der Waals surface area contributed by atoms with Gasteiger partial charge in [0.25, 0.3) is 0 Å². The highest BCUT2D eigenvalue weighted by Gasteiger charge is 2.27. The second-order valence-corrected chi connectivity index (χ2v) is 17.9. The highest BCUT2D eigenvalue weighted by Crippen LogP contribution is 2.43. The third-order valence-electron chi connectivity index (χ3n) is 9.55. The van der Waals surface area contributed by atoms with Crippen molar-refractivity contribution in [1.29, 1.82) is 0 Å². The van der Waals surface area contributed by atoms with Crippen LogP contribution in [0.15, 0.2) is 48.6 Å². The van der Waals surface area contributed by atoms with Gasteiger partial charge in [-0.25, -0.2) is 4.57 Å². The average Bonchev–Trinajstić information content (AvgIpc) is 3.16. The number of phosphoric ester groups is 1. The topological polar surface area (TPSA) is 149 Å². The highest BCUT2D eigenvalue weighted by atomic mass is 31.2. The van der Waals surface area contributed by atoms with Crippen LogP contribution in [0.4, 0.5) is 0 Å². The normalized spacial score (nSPS) is 15.1. The summed E-state index contributed by atoms with van der Waals surface area (Å²) >= 11 is 0. The lowest BCUT2D eigenvalue weighted by Crippen LogP contribution is -2.37. The van der Waals surface area contributed by atoms with E-state index in [2.05, 4.69) is 19.9 Å². The van der Waals surface area contributed by atoms with Crippen LogP contribution in [0.5, 0.6) is 0 Å². The van der Waals surface area contributed by atoms with E-state index in [1.54, 1.807) is 36.5 Å². The van der Waals surface area contributed by atoms with Gasteiger partial charge >= 0.3 is 19.8 Å². The molecule has 0 rings (SSSR count). The minimum atomic E-state index is -4.43. The molecule has 0 heterocycles. The molecule has 4 atom stereocenters. The van der Waals surface area contributed by atoms with Crippen LogP contribution >= 0.6 is 7.82 Å². The molecule has 0 saturated carbocycles. The number of unbranched alkanes of at least 4 members (excludes halogenated alkanes) is 17. The van der Waals surface area contributed by atoms with E-state index < -0.39 is 44.7 Å². The zero-order valence-electron chi connectivity index (χ0n) is 37.2. The number of phosphoric acid groups is 1. The number of hydrogen-bond acceptors (Lipinski definition) is 9. The van der Waals surface area contributed by atoms with Crippen LogP contribution in [0.1, 0.15) is 168 Å². The largest absolute Gasteiger partial charge is 0.472 e. The Morgan fingerprint density at radius 3 is 1.71 bits per heavy atom. The number of esters is 2. The SMILES string of the molecule is CCCCC/C=C\C[C@@H](O)/C=C/C=C/C=C\[C@@H](O)CCCC(=O)OC[C@H](COP(=O)(O)OCC[N+](C)(C)C)OC(=O)CCCCCCCCCCCCCCCCC. The van der Waals surface area contributed by atoms with Crippen molar-refractivity contribution in [2.24, 2.45) is 0 Å². The van der Waals surface area contributed by atoms with E-state index >= 15 is 0 Å². The summed E-state index contributed by atoms with van der Waals surface area (Å²) in [7, 11) is 1.34. The number of likely N-dealkylation sites (N-methyl/N-ethyl adjacent to an activating group) is 1. The lowest BCUT2D eigenvalue weighted by molar-refractivity contribution is -0.870. The first-order valence-corrected chi connectivity index (χ1v) is 24.1. The second kappa shape index (κ2) is 37.9. The molecular formula is C46H85NO10P+. The summed E-state index contributed by atoms with van der Waals surface area (Å²) < 4.78 is 34.1. The zero-order valence-corrected chi connectivity index (χ0v) is 38.1. The summed E-state index contributed by atoms with van der Waals surface area (Å²) in [6, 6.07) is 0. The Morgan fingerprint density at radius 1 is 0.621 bits per heavy atom. The maximum atomic E-state index is 12.7. The van der Waals surface area contributed by atoms with E-state index in [0.717, 1.165) is 25.7 Å². The fourth-order valence-corrected chi connectivity index (χ4v) is 6.66. The minimum absolute atomic E-state index is 0.00815. The van der Waals surface area contributed by atoms with Gasteiger partial charge in [0.2, 0.25) is 0 Å². The summed E-state index contributed by atoms with van der Waals surface area (Å²) in [6.45, 7) is 4.08. The molecule has 0 aliphatic carbocycles. The number of nitrogens with zero attached hydrogens (tertiary/aromatic N) is 1. The lowest BCUT2D eigenvalue weighted by atomic mass is 10.0. The van der Waals surface area contributed by atoms with E-state index in [0.29, 0.717) is 36.7 Å². The molecule has 0 spiro atoms. The van der Waals surface area contributed by atoms with Crippen LogP contribution in [0.25, 0.3) is 0 Å². The molecule has 0 saturated heterocycles.